The van der Waals surface area contributed by atoms with Crippen molar-refractivity contribution in [3.05, 3.63) is 36.5 Å². The molecule has 2 aliphatic heterocycles. The molecule has 11 unspecified atom stereocenters. The average molecular weight is 1070 g/mol. The van der Waals surface area contributed by atoms with E-state index in [1.807, 2.05) is 0 Å². The maximum Gasteiger partial charge on any atom is 0.306 e. The van der Waals surface area contributed by atoms with Crippen LogP contribution in [0.25, 0.3) is 0 Å². The Bertz CT molecular complexity index is 1440. The third kappa shape index (κ3) is 33.7. The minimum atomic E-state index is -1.77. The molecule has 0 aromatic heterocycles. The minimum absolute atomic E-state index is 0.162. The van der Waals surface area contributed by atoms with Crippen LogP contribution in [0.3, 0.4) is 0 Å². The van der Waals surface area contributed by atoms with Crippen LogP contribution in [-0.4, -0.2) is 142 Å². The summed E-state index contributed by atoms with van der Waals surface area (Å²) >= 11 is 0. The van der Waals surface area contributed by atoms with Crippen LogP contribution >= 0.6 is 0 Å². The van der Waals surface area contributed by atoms with Crippen molar-refractivity contribution in [3.8, 4) is 0 Å². The van der Waals surface area contributed by atoms with Crippen LogP contribution in [0.2, 0.25) is 0 Å². The van der Waals surface area contributed by atoms with Crippen molar-refractivity contribution < 1.29 is 73.8 Å². The molecule has 2 rings (SSSR count). The van der Waals surface area contributed by atoms with Gasteiger partial charge in [-0.3, -0.25) is 9.59 Å². The van der Waals surface area contributed by atoms with Gasteiger partial charge in [-0.1, -0.05) is 192 Å². The van der Waals surface area contributed by atoms with Gasteiger partial charge in [0.15, 0.2) is 18.7 Å². The van der Waals surface area contributed by atoms with Crippen LogP contribution in [-0.2, 0) is 38.0 Å². The fourth-order valence-electron chi connectivity index (χ4n) is 9.42. The highest BCUT2D eigenvalue weighted by molar-refractivity contribution is 5.70. The molecule has 0 aromatic rings. The molecule has 75 heavy (non-hydrogen) atoms. The van der Waals surface area contributed by atoms with E-state index in [2.05, 4.69) is 50.3 Å². The van der Waals surface area contributed by atoms with Crippen molar-refractivity contribution in [2.45, 2.75) is 306 Å². The molecular weight excluding hydrogens is 961 g/mol. The number of unbranched alkanes of at least 4 members (excludes halogenated alkanes) is 28. The predicted octanol–water partition coefficient (Wildman–Crippen LogP) is 10.4. The van der Waals surface area contributed by atoms with Crippen molar-refractivity contribution in [2.24, 2.45) is 0 Å². The second kappa shape index (κ2) is 46.6. The molecule has 15 heteroatoms. The van der Waals surface area contributed by atoms with E-state index in [4.69, 9.17) is 28.4 Å². The highest BCUT2D eigenvalue weighted by Crippen LogP contribution is 2.27. The number of aliphatic hydroxyl groups excluding tert-OH is 7. The van der Waals surface area contributed by atoms with Gasteiger partial charge in [-0.15, -0.1) is 0 Å². The molecule has 2 saturated heterocycles. The van der Waals surface area contributed by atoms with Gasteiger partial charge >= 0.3 is 11.9 Å². The molecule has 15 nitrogen and oxygen atoms in total. The lowest BCUT2D eigenvalue weighted by molar-refractivity contribution is -0.332. The highest BCUT2D eigenvalue weighted by atomic mass is 16.7. The summed E-state index contributed by atoms with van der Waals surface area (Å²) in [5.41, 5.74) is 0. The third-order valence-electron chi connectivity index (χ3n) is 14.3. The number of aliphatic hydroxyl groups is 7. The first-order valence-electron chi connectivity index (χ1n) is 30.1. The number of carbonyl (C=O) groups is 2. The maximum atomic E-state index is 13.1. The second-order valence-electron chi connectivity index (χ2n) is 21.2. The van der Waals surface area contributed by atoms with Crippen LogP contribution in [0, 0.1) is 0 Å². The molecule has 7 N–H and O–H groups in total. The van der Waals surface area contributed by atoms with E-state index in [1.165, 1.54) is 128 Å². The predicted molar refractivity (Wildman–Crippen MR) is 294 cm³/mol. The third-order valence-corrected chi connectivity index (χ3v) is 14.3. The van der Waals surface area contributed by atoms with E-state index in [-0.39, 0.29) is 26.1 Å². The normalized spacial score (nSPS) is 24.7. The molecule has 11 atom stereocenters. The van der Waals surface area contributed by atoms with E-state index in [9.17, 15) is 45.3 Å². The molecule has 2 fully saturated rings. The summed E-state index contributed by atoms with van der Waals surface area (Å²) in [5, 5.41) is 72.3. The summed E-state index contributed by atoms with van der Waals surface area (Å²) in [7, 11) is 0. The van der Waals surface area contributed by atoms with Gasteiger partial charge in [0.1, 0.15) is 55.4 Å². The van der Waals surface area contributed by atoms with Gasteiger partial charge in [0.05, 0.1) is 19.8 Å². The Balaban J connectivity index is 1.73. The van der Waals surface area contributed by atoms with Crippen molar-refractivity contribution in [3.63, 3.8) is 0 Å². The van der Waals surface area contributed by atoms with Crippen LogP contribution in [0.5, 0.6) is 0 Å². The van der Waals surface area contributed by atoms with Crippen LogP contribution in [0.1, 0.15) is 239 Å². The van der Waals surface area contributed by atoms with E-state index >= 15 is 0 Å². The minimum Gasteiger partial charge on any atom is -0.462 e. The highest BCUT2D eigenvalue weighted by Gasteiger charge is 2.47. The van der Waals surface area contributed by atoms with E-state index in [0.717, 1.165) is 70.6 Å². The van der Waals surface area contributed by atoms with Gasteiger partial charge < -0.3 is 64.2 Å². The number of ether oxygens (including phenoxy) is 6. The molecule has 0 aromatic carbocycles. The lowest BCUT2D eigenvalue weighted by Crippen LogP contribution is -2.61. The summed E-state index contributed by atoms with van der Waals surface area (Å²) < 4.78 is 33.7. The van der Waals surface area contributed by atoms with E-state index in [0.29, 0.717) is 12.8 Å². The molecule has 0 aliphatic carbocycles. The Labute approximate surface area is 453 Å². The summed E-state index contributed by atoms with van der Waals surface area (Å²) in [5.74, 6) is -0.929. The van der Waals surface area contributed by atoms with Gasteiger partial charge in [-0.05, 0) is 70.6 Å². The topological polar surface area (TPSA) is 231 Å². The van der Waals surface area contributed by atoms with Gasteiger partial charge in [0, 0.05) is 12.8 Å². The molecular formula is C60H108O15. The Morgan fingerprint density at radius 2 is 0.800 bits per heavy atom. The molecule has 0 saturated carbocycles. The average Bonchev–Trinajstić information content (AvgIpc) is 3.40. The molecule has 0 amide bonds. The van der Waals surface area contributed by atoms with Crippen LogP contribution in [0.15, 0.2) is 36.5 Å². The lowest BCUT2D eigenvalue weighted by Gasteiger charge is -2.42. The zero-order valence-corrected chi connectivity index (χ0v) is 46.8. The van der Waals surface area contributed by atoms with Gasteiger partial charge in [0.2, 0.25) is 0 Å². The molecule has 438 valence electrons. The Morgan fingerprint density at radius 3 is 1.25 bits per heavy atom. The summed E-state index contributed by atoms with van der Waals surface area (Å²) in [4.78, 5) is 25.9. The van der Waals surface area contributed by atoms with E-state index < -0.39 is 92.7 Å². The zero-order chi connectivity index (χ0) is 54.6. The molecule has 0 spiro atoms. The van der Waals surface area contributed by atoms with Crippen LogP contribution < -0.4 is 0 Å². The number of hydrogen-bond acceptors (Lipinski definition) is 15. The maximum absolute atomic E-state index is 13.1. The van der Waals surface area contributed by atoms with Crippen LogP contribution in [0.4, 0.5) is 0 Å². The van der Waals surface area contributed by atoms with Crippen molar-refractivity contribution in [2.75, 3.05) is 26.4 Å². The lowest BCUT2D eigenvalue weighted by atomic mass is 9.98. The quantitative estimate of drug-likeness (QED) is 0.0171. The van der Waals surface area contributed by atoms with Gasteiger partial charge in [0.25, 0.3) is 0 Å². The standard InChI is InChI=1S/C60H108O15/c1-3-5-7-9-11-13-15-17-19-21-22-23-24-25-26-27-29-31-33-35-37-39-41-43-52(63)73-48(45-70-51(62)42-40-38-36-34-32-30-28-20-18-16-14-12-10-8-6-4-2)46-71-59-58(69)56(67)54(65)50(75-59)47-72-60-57(68)55(66)53(64)49(44-61)74-60/h15,17,20-22,28,48-50,53-61,64-69H,3-14,16,18-19,23-27,29-47H2,1-2H3/b17-15-,22-21-,28-20-. The first-order chi connectivity index (χ1) is 36.5. The number of allylic oxidation sites excluding steroid dienone is 6. The molecule has 0 bridgehead atoms. The van der Waals surface area contributed by atoms with E-state index in [1.54, 1.807) is 0 Å². The summed E-state index contributed by atoms with van der Waals surface area (Å²) in [6, 6.07) is 0. The summed E-state index contributed by atoms with van der Waals surface area (Å²) in [6.45, 7) is 2.60. The fraction of sp³-hybridized carbons (Fsp3) is 0.867. The van der Waals surface area contributed by atoms with Gasteiger partial charge in [-0.2, -0.15) is 0 Å². The number of esters is 2. The van der Waals surface area contributed by atoms with Crippen molar-refractivity contribution >= 4 is 11.9 Å². The molecule has 2 heterocycles. The number of hydrogen-bond donors (Lipinski definition) is 7. The molecule has 0 radical (unpaired) electrons. The number of carbonyl (C=O) groups excluding carboxylic acids is 2. The van der Waals surface area contributed by atoms with Crippen molar-refractivity contribution in [1.29, 1.82) is 0 Å². The Morgan fingerprint density at radius 1 is 0.427 bits per heavy atom. The second-order valence-corrected chi connectivity index (χ2v) is 21.2. The monoisotopic (exact) mass is 1070 g/mol. The summed E-state index contributed by atoms with van der Waals surface area (Å²) in [6.07, 6.45) is 35.9. The largest absolute Gasteiger partial charge is 0.462 e. The Hall–Kier alpha value is -2.28. The Kier molecular flexibility index (Phi) is 42.8. The zero-order valence-electron chi connectivity index (χ0n) is 46.8. The fourth-order valence-corrected chi connectivity index (χ4v) is 9.42. The first-order valence-corrected chi connectivity index (χ1v) is 30.1. The number of rotatable bonds is 48. The smallest absolute Gasteiger partial charge is 0.306 e. The van der Waals surface area contributed by atoms with Gasteiger partial charge in [-0.25, -0.2) is 0 Å². The SMILES string of the molecule is CCCCCCC/C=C\C/C=C\CCCCCCCCCCCCCC(=O)OC(COC(=O)CCCCCCC/C=C\CCCCCCCCC)COC1OC(COC2OC(CO)C(O)C(O)C2O)C(O)C(O)C1O. The molecule has 2 aliphatic rings. The first kappa shape index (κ1) is 68.8. The van der Waals surface area contributed by atoms with Crippen molar-refractivity contribution in [1.82, 2.24) is 0 Å².